The van der Waals surface area contributed by atoms with E-state index in [0.717, 1.165) is 32.1 Å². The van der Waals surface area contributed by atoms with E-state index in [4.69, 9.17) is 22.7 Å². The van der Waals surface area contributed by atoms with E-state index in [1.54, 1.807) is 0 Å². The fourth-order valence-corrected chi connectivity index (χ4v) is 5.40. The van der Waals surface area contributed by atoms with Crippen molar-refractivity contribution >= 4 is 27.2 Å². The predicted molar refractivity (Wildman–Crippen MR) is 87.7 cm³/mol. The summed E-state index contributed by atoms with van der Waals surface area (Å²) in [6, 6.07) is 0. The van der Waals surface area contributed by atoms with E-state index < -0.39 is 15.6 Å². The van der Waals surface area contributed by atoms with Crippen LogP contribution in [0.3, 0.4) is 0 Å². The quantitative estimate of drug-likeness (QED) is 0.723. The molecule has 0 spiro atoms. The van der Waals surface area contributed by atoms with Crippen LogP contribution in [0.5, 0.6) is 0 Å². The van der Waals surface area contributed by atoms with E-state index in [1.807, 2.05) is 0 Å². The van der Waals surface area contributed by atoms with Crippen LogP contribution in [0.1, 0.15) is 51.9 Å². The third-order valence-electron chi connectivity index (χ3n) is 4.79. The molecule has 1 heterocycles. The molecule has 3 N–H and O–H groups in total. The minimum Gasteiger partial charge on any atom is -0.392 e. The highest BCUT2D eigenvalue weighted by Crippen LogP contribution is 2.34. The van der Waals surface area contributed by atoms with Crippen LogP contribution in [0.15, 0.2) is 0 Å². The zero-order valence-corrected chi connectivity index (χ0v) is 14.3. The molecule has 21 heavy (non-hydrogen) atoms. The fraction of sp³-hybridized carbons (Fsp3) is 0.929. The van der Waals surface area contributed by atoms with Gasteiger partial charge in [0, 0.05) is 6.61 Å². The topological polar surface area (TPSA) is 81.4 Å². The van der Waals surface area contributed by atoms with Gasteiger partial charge in [-0.2, -0.15) is 0 Å². The normalized spacial score (nSPS) is 34.0. The van der Waals surface area contributed by atoms with Crippen molar-refractivity contribution in [3.8, 4) is 0 Å². The van der Waals surface area contributed by atoms with Crippen LogP contribution in [-0.2, 0) is 14.8 Å². The molecule has 2 fully saturated rings. The summed E-state index contributed by atoms with van der Waals surface area (Å²) >= 11 is 5.17. The van der Waals surface area contributed by atoms with Crippen molar-refractivity contribution in [1.29, 1.82) is 0 Å². The number of sulfonamides is 1. The molecule has 1 saturated heterocycles. The van der Waals surface area contributed by atoms with Gasteiger partial charge in [0.15, 0.2) is 0 Å². The lowest BCUT2D eigenvalue weighted by molar-refractivity contribution is 0.127. The van der Waals surface area contributed by atoms with Gasteiger partial charge in [-0.15, -0.1) is 0 Å². The molecule has 0 radical (unpaired) electrons. The molecule has 1 aliphatic heterocycles. The fourth-order valence-electron chi connectivity index (χ4n) is 3.34. The summed E-state index contributed by atoms with van der Waals surface area (Å²) in [7, 11) is -3.43. The first-order valence-corrected chi connectivity index (χ1v) is 9.86. The first-order valence-electron chi connectivity index (χ1n) is 7.80. The van der Waals surface area contributed by atoms with Gasteiger partial charge in [0.2, 0.25) is 10.0 Å². The molecule has 0 aromatic heterocycles. The highest BCUT2D eigenvalue weighted by molar-refractivity contribution is 7.89. The van der Waals surface area contributed by atoms with Crippen LogP contribution >= 0.6 is 12.2 Å². The van der Waals surface area contributed by atoms with Crippen molar-refractivity contribution in [3.05, 3.63) is 0 Å². The van der Waals surface area contributed by atoms with Gasteiger partial charge in [-0.3, -0.25) is 0 Å². The van der Waals surface area contributed by atoms with Crippen LogP contribution in [0.2, 0.25) is 0 Å². The van der Waals surface area contributed by atoms with Gasteiger partial charge >= 0.3 is 0 Å². The first-order chi connectivity index (χ1) is 9.87. The number of rotatable bonds is 6. The summed E-state index contributed by atoms with van der Waals surface area (Å²) in [5, 5.41) is 0. The molecular formula is C14H26N2O3S2. The second-order valence-electron chi connectivity index (χ2n) is 6.32. The average molecular weight is 335 g/mol. The Kier molecular flexibility index (Phi) is 5.62. The Balaban J connectivity index is 2.03. The summed E-state index contributed by atoms with van der Waals surface area (Å²) in [5.74, 6) is 0.657. The Hall–Kier alpha value is -0.240. The molecule has 7 heteroatoms. The zero-order chi connectivity index (χ0) is 15.5. The summed E-state index contributed by atoms with van der Waals surface area (Å²) in [4.78, 5) is 0.271. The van der Waals surface area contributed by atoms with E-state index in [2.05, 4.69) is 11.6 Å². The zero-order valence-electron chi connectivity index (χ0n) is 12.6. The van der Waals surface area contributed by atoms with Crippen molar-refractivity contribution in [2.24, 2.45) is 11.7 Å². The van der Waals surface area contributed by atoms with Gasteiger partial charge in [-0.1, -0.05) is 25.6 Å². The summed E-state index contributed by atoms with van der Waals surface area (Å²) in [5.41, 5.74) is 5.14. The minimum absolute atomic E-state index is 0.00850. The van der Waals surface area contributed by atoms with Gasteiger partial charge in [-0.25, -0.2) is 13.1 Å². The molecule has 0 bridgehead atoms. The predicted octanol–water partition coefficient (Wildman–Crippen LogP) is 1.71. The molecule has 1 saturated carbocycles. The average Bonchev–Trinajstić information content (AvgIpc) is 2.91. The van der Waals surface area contributed by atoms with Crippen LogP contribution in [0, 0.1) is 5.92 Å². The Morgan fingerprint density at radius 3 is 2.52 bits per heavy atom. The summed E-state index contributed by atoms with van der Waals surface area (Å²) < 4.78 is 33.0. The number of nitrogens with one attached hydrogen (secondary N) is 1. The van der Waals surface area contributed by atoms with Crippen LogP contribution in [0.25, 0.3) is 0 Å². The highest BCUT2D eigenvalue weighted by atomic mass is 32.2. The summed E-state index contributed by atoms with van der Waals surface area (Å²) in [6.07, 6.45) is 6.00. The number of hydrogen-bond donors (Lipinski definition) is 2. The second kappa shape index (κ2) is 6.89. The maximum absolute atomic E-state index is 12.4. The Bertz CT molecular complexity index is 465. The number of nitrogens with two attached hydrogens (primary N) is 1. The lowest BCUT2D eigenvalue weighted by Gasteiger charge is -2.39. The van der Waals surface area contributed by atoms with E-state index in [9.17, 15) is 8.42 Å². The van der Waals surface area contributed by atoms with Crippen LogP contribution < -0.4 is 10.5 Å². The Morgan fingerprint density at radius 1 is 1.38 bits per heavy atom. The molecule has 0 aromatic carbocycles. The molecule has 0 amide bonds. The largest absolute Gasteiger partial charge is 0.392 e. The third kappa shape index (κ3) is 4.37. The molecule has 5 nitrogen and oxygen atoms in total. The van der Waals surface area contributed by atoms with Gasteiger partial charge in [0.25, 0.3) is 0 Å². The van der Waals surface area contributed by atoms with E-state index in [1.165, 1.54) is 0 Å². The van der Waals surface area contributed by atoms with E-state index >= 15 is 0 Å². The van der Waals surface area contributed by atoms with Crippen molar-refractivity contribution in [3.63, 3.8) is 0 Å². The van der Waals surface area contributed by atoms with Crippen LogP contribution in [0.4, 0.5) is 0 Å². The van der Waals surface area contributed by atoms with Crippen molar-refractivity contribution in [2.75, 3.05) is 12.4 Å². The molecule has 1 atom stereocenters. The molecule has 1 unspecified atom stereocenters. The number of ether oxygens (including phenoxy) is 1. The lowest BCUT2D eigenvalue weighted by Crippen LogP contribution is -2.59. The Labute approximate surface area is 133 Å². The molecule has 2 aliphatic rings. The molecule has 0 aromatic rings. The Morgan fingerprint density at radius 2 is 2.05 bits per heavy atom. The molecule has 2 rings (SSSR count). The van der Waals surface area contributed by atoms with Crippen molar-refractivity contribution < 1.29 is 13.2 Å². The monoisotopic (exact) mass is 334 g/mol. The van der Waals surface area contributed by atoms with Gasteiger partial charge < -0.3 is 10.5 Å². The second-order valence-corrected chi connectivity index (χ2v) is 8.52. The van der Waals surface area contributed by atoms with Crippen molar-refractivity contribution in [1.82, 2.24) is 4.72 Å². The molecule has 1 aliphatic carbocycles. The van der Waals surface area contributed by atoms with E-state index in [0.29, 0.717) is 25.4 Å². The summed E-state index contributed by atoms with van der Waals surface area (Å²) in [6.45, 7) is 2.82. The van der Waals surface area contributed by atoms with Gasteiger partial charge in [-0.05, 0) is 44.4 Å². The van der Waals surface area contributed by atoms with Gasteiger partial charge in [0.1, 0.15) is 0 Å². The smallest absolute Gasteiger partial charge is 0.215 e. The SMILES string of the molecule is CCC1CCC(NS(=O)(=O)CC2CCCO2)(C(N)=S)CC1. The standard InChI is InChI=1S/C14H26N2O3S2/c1-2-11-5-7-14(8-6-11,13(15)20)16-21(17,18)10-12-4-3-9-19-12/h11-12,16H,2-10H2,1H3,(H2,15,20). The number of thiocarbonyl (C=S) groups is 1. The molecular weight excluding hydrogens is 308 g/mol. The van der Waals surface area contributed by atoms with Gasteiger partial charge in [0.05, 0.1) is 22.4 Å². The van der Waals surface area contributed by atoms with Crippen LogP contribution in [-0.4, -0.2) is 37.4 Å². The highest BCUT2D eigenvalue weighted by Gasteiger charge is 2.41. The lowest BCUT2D eigenvalue weighted by atomic mass is 9.76. The maximum Gasteiger partial charge on any atom is 0.215 e. The third-order valence-corrected chi connectivity index (χ3v) is 6.69. The first kappa shape index (κ1) is 17.1. The maximum atomic E-state index is 12.4. The number of hydrogen-bond acceptors (Lipinski definition) is 4. The minimum atomic E-state index is -3.43. The molecule has 122 valence electrons. The van der Waals surface area contributed by atoms with E-state index in [-0.39, 0.29) is 16.8 Å². The van der Waals surface area contributed by atoms with Crippen molar-refractivity contribution in [2.45, 2.75) is 63.5 Å².